The normalized spacial score (nSPS) is 11.1. The van der Waals surface area contributed by atoms with Crippen molar-refractivity contribution in [2.45, 2.75) is 6.92 Å². The van der Waals surface area contributed by atoms with Gasteiger partial charge in [0.1, 0.15) is 11.5 Å². The van der Waals surface area contributed by atoms with Gasteiger partial charge in [0.25, 0.3) is 5.91 Å². The Hall–Kier alpha value is -2.04. The molecule has 1 N–H and O–H groups in total. The van der Waals surface area contributed by atoms with Crippen molar-refractivity contribution in [3.05, 3.63) is 57.5 Å². The standard InChI is InChI=1S/C18H15Cl2FN2O/c1-9-12-7-11(19)8-13(10-4-5-14(20)15(21)6-10)17(12)23(3)16(9)18(24)22-2/h4-8H,1-3H3,(H,22,24). The van der Waals surface area contributed by atoms with Gasteiger partial charge in [-0.15, -0.1) is 0 Å². The van der Waals surface area contributed by atoms with Crippen LogP contribution in [-0.2, 0) is 7.05 Å². The van der Waals surface area contributed by atoms with E-state index in [0.717, 1.165) is 22.0 Å². The van der Waals surface area contributed by atoms with Crippen molar-refractivity contribution in [2.75, 3.05) is 7.05 Å². The minimum atomic E-state index is -0.500. The van der Waals surface area contributed by atoms with Crippen molar-refractivity contribution >= 4 is 40.0 Å². The van der Waals surface area contributed by atoms with Gasteiger partial charge >= 0.3 is 0 Å². The van der Waals surface area contributed by atoms with E-state index in [9.17, 15) is 9.18 Å². The van der Waals surface area contributed by atoms with E-state index in [0.29, 0.717) is 16.3 Å². The molecule has 1 heterocycles. The Bertz CT molecular complexity index is 979. The lowest BCUT2D eigenvalue weighted by atomic mass is 10.0. The highest BCUT2D eigenvalue weighted by Gasteiger charge is 2.21. The summed E-state index contributed by atoms with van der Waals surface area (Å²) >= 11 is 12.0. The van der Waals surface area contributed by atoms with E-state index in [4.69, 9.17) is 23.2 Å². The van der Waals surface area contributed by atoms with Gasteiger partial charge in [0.2, 0.25) is 0 Å². The lowest BCUT2D eigenvalue weighted by Gasteiger charge is -2.09. The number of halogens is 3. The van der Waals surface area contributed by atoms with E-state index < -0.39 is 5.82 Å². The third-order valence-corrected chi connectivity index (χ3v) is 4.70. The Morgan fingerprint density at radius 2 is 1.92 bits per heavy atom. The molecule has 0 saturated carbocycles. The van der Waals surface area contributed by atoms with E-state index in [2.05, 4.69) is 5.32 Å². The number of amides is 1. The van der Waals surface area contributed by atoms with Crippen LogP contribution >= 0.6 is 23.2 Å². The molecule has 1 aromatic heterocycles. The summed E-state index contributed by atoms with van der Waals surface area (Å²) in [6.07, 6.45) is 0. The summed E-state index contributed by atoms with van der Waals surface area (Å²) in [4.78, 5) is 12.2. The van der Waals surface area contributed by atoms with Gasteiger partial charge in [-0.3, -0.25) is 4.79 Å². The van der Waals surface area contributed by atoms with Gasteiger partial charge in [0, 0.05) is 30.1 Å². The molecule has 3 rings (SSSR count). The zero-order valence-electron chi connectivity index (χ0n) is 13.4. The zero-order valence-corrected chi connectivity index (χ0v) is 14.9. The minimum Gasteiger partial charge on any atom is -0.354 e. The summed E-state index contributed by atoms with van der Waals surface area (Å²) in [6.45, 7) is 1.87. The van der Waals surface area contributed by atoms with Crippen LogP contribution in [0.25, 0.3) is 22.0 Å². The van der Waals surface area contributed by atoms with Crippen molar-refractivity contribution < 1.29 is 9.18 Å². The lowest BCUT2D eigenvalue weighted by Crippen LogP contribution is -2.21. The number of nitrogens with one attached hydrogen (secondary N) is 1. The number of fused-ring (bicyclic) bond motifs is 1. The predicted octanol–water partition coefficient (Wildman–Crippen LogP) is 4.96. The third kappa shape index (κ3) is 2.56. The summed E-state index contributed by atoms with van der Waals surface area (Å²) in [7, 11) is 3.39. The predicted molar refractivity (Wildman–Crippen MR) is 96.5 cm³/mol. The highest BCUT2D eigenvalue weighted by atomic mass is 35.5. The molecule has 0 aliphatic heterocycles. The van der Waals surface area contributed by atoms with Crippen LogP contribution < -0.4 is 5.32 Å². The molecular formula is C18H15Cl2FN2O. The number of aryl methyl sites for hydroxylation is 2. The van der Waals surface area contributed by atoms with Crippen LogP contribution in [0.4, 0.5) is 4.39 Å². The second-order valence-electron chi connectivity index (χ2n) is 5.59. The number of rotatable bonds is 2. The molecule has 0 radical (unpaired) electrons. The first-order valence-electron chi connectivity index (χ1n) is 7.31. The smallest absolute Gasteiger partial charge is 0.267 e. The molecule has 1 amide bonds. The Labute approximate surface area is 149 Å². The van der Waals surface area contributed by atoms with Crippen molar-refractivity contribution in [2.24, 2.45) is 7.05 Å². The Kier molecular flexibility index (Phi) is 4.28. The molecule has 0 aliphatic carbocycles. The highest BCUT2D eigenvalue weighted by Crippen LogP contribution is 2.37. The molecule has 0 spiro atoms. The first kappa shape index (κ1) is 16.8. The fourth-order valence-corrected chi connectivity index (χ4v) is 3.40. The summed E-state index contributed by atoms with van der Waals surface area (Å²) in [6, 6.07) is 8.19. The molecule has 3 nitrogen and oxygen atoms in total. The largest absolute Gasteiger partial charge is 0.354 e. The number of benzene rings is 2. The zero-order chi connectivity index (χ0) is 17.6. The second-order valence-corrected chi connectivity index (χ2v) is 6.43. The summed E-state index contributed by atoms with van der Waals surface area (Å²) in [5.74, 6) is -0.685. The van der Waals surface area contributed by atoms with Crippen LogP contribution in [0.1, 0.15) is 16.1 Å². The van der Waals surface area contributed by atoms with Crippen molar-refractivity contribution in [3.8, 4) is 11.1 Å². The number of carbonyl (C=O) groups excluding carboxylic acids is 1. The average Bonchev–Trinajstić information content (AvgIpc) is 2.80. The third-order valence-electron chi connectivity index (χ3n) is 4.18. The Balaban J connectivity index is 2.40. The van der Waals surface area contributed by atoms with Crippen molar-refractivity contribution in [1.29, 1.82) is 0 Å². The number of hydrogen-bond donors (Lipinski definition) is 1. The van der Waals surface area contributed by atoms with Crippen molar-refractivity contribution in [1.82, 2.24) is 9.88 Å². The molecule has 6 heteroatoms. The first-order valence-corrected chi connectivity index (χ1v) is 8.06. The van der Waals surface area contributed by atoms with Gasteiger partial charge in [0.15, 0.2) is 0 Å². The highest BCUT2D eigenvalue weighted by molar-refractivity contribution is 6.32. The number of nitrogens with zero attached hydrogens (tertiary/aromatic N) is 1. The molecule has 2 aromatic carbocycles. The lowest BCUT2D eigenvalue weighted by molar-refractivity contribution is 0.0955. The maximum atomic E-state index is 13.9. The maximum Gasteiger partial charge on any atom is 0.267 e. The van der Waals surface area contributed by atoms with Gasteiger partial charge in [0.05, 0.1) is 10.5 Å². The van der Waals surface area contributed by atoms with Gasteiger partial charge in [-0.2, -0.15) is 0 Å². The summed E-state index contributed by atoms with van der Waals surface area (Å²) in [5.41, 5.74) is 3.58. The van der Waals surface area contributed by atoms with E-state index in [1.165, 1.54) is 12.1 Å². The summed E-state index contributed by atoms with van der Waals surface area (Å²) in [5, 5.41) is 4.08. The maximum absolute atomic E-state index is 13.9. The van der Waals surface area contributed by atoms with Gasteiger partial charge in [-0.1, -0.05) is 29.3 Å². The number of hydrogen-bond acceptors (Lipinski definition) is 1. The minimum absolute atomic E-state index is 0.0612. The SMILES string of the molecule is CNC(=O)c1c(C)c2cc(Cl)cc(-c3ccc(Cl)c(F)c3)c2n1C. The molecule has 124 valence electrons. The molecule has 3 aromatic rings. The van der Waals surface area contributed by atoms with E-state index in [-0.39, 0.29) is 10.9 Å². The molecule has 0 unspecified atom stereocenters. The fraction of sp³-hybridized carbons (Fsp3) is 0.167. The van der Waals surface area contributed by atoms with E-state index in [1.807, 2.05) is 24.6 Å². The van der Waals surface area contributed by atoms with E-state index in [1.54, 1.807) is 19.2 Å². The molecule has 0 fully saturated rings. The van der Waals surface area contributed by atoms with Crippen LogP contribution in [0, 0.1) is 12.7 Å². The summed E-state index contributed by atoms with van der Waals surface area (Å²) < 4.78 is 15.7. The molecule has 0 bridgehead atoms. The van der Waals surface area contributed by atoms with Gasteiger partial charge in [-0.25, -0.2) is 4.39 Å². The van der Waals surface area contributed by atoms with Crippen LogP contribution in [0.15, 0.2) is 30.3 Å². The van der Waals surface area contributed by atoms with Crippen LogP contribution in [0.3, 0.4) is 0 Å². The Morgan fingerprint density at radius 1 is 1.21 bits per heavy atom. The number of carbonyl (C=O) groups is 1. The molecule has 0 atom stereocenters. The van der Waals surface area contributed by atoms with Gasteiger partial charge < -0.3 is 9.88 Å². The molecule has 24 heavy (non-hydrogen) atoms. The monoisotopic (exact) mass is 364 g/mol. The first-order chi connectivity index (χ1) is 11.3. The van der Waals surface area contributed by atoms with Gasteiger partial charge in [-0.05, 0) is 42.3 Å². The Morgan fingerprint density at radius 3 is 2.54 bits per heavy atom. The van der Waals surface area contributed by atoms with Crippen LogP contribution in [-0.4, -0.2) is 17.5 Å². The number of aromatic nitrogens is 1. The quantitative estimate of drug-likeness (QED) is 0.684. The van der Waals surface area contributed by atoms with Crippen LogP contribution in [0.5, 0.6) is 0 Å². The fourth-order valence-electron chi connectivity index (χ4n) is 3.06. The topological polar surface area (TPSA) is 34.0 Å². The average molecular weight is 365 g/mol. The van der Waals surface area contributed by atoms with Crippen molar-refractivity contribution in [3.63, 3.8) is 0 Å². The van der Waals surface area contributed by atoms with E-state index >= 15 is 0 Å². The second kappa shape index (κ2) is 6.11. The molecule has 0 aliphatic rings. The van der Waals surface area contributed by atoms with Crippen LogP contribution in [0.2, 0.25) is 10.0 Å². The molecule has 0 saturated heterocycles. The molecular weight excluding hydrogens is 350 g/mol.